The summed E-state index contributed by atoms with van der Waals surface area (Å²) in [6.07, 6.45) is 1.11. The highest BCUT2D eigenvalue weighted by molar-refractivity contribution is 6.31. The first kappa shape index (κ1) is 25.5. The van der Waals surface area contributed by atoms with Gasteiger partial charge in [0.25, 0.3) is 5.95 Å². The van der Waals surface area contributed by atoms with Crippen LogP contribution in [0.5, 0.6) is 5.75 Å². The molecule has 0 spiro atoms. The average molecular weight is 534 g/mol. The number of morpholine rings is 1. The van der Waals surface area contributed by atoms with Gasteiger partial charge in [0, 0.05) is 23.8 Å². The van der Waals surface area contributed by atoms with Gasteiger partial charge in [-0.2, -0.15) is 10.1 Å². The molecule has 1 aliphatic heterocycles. The van der Waals surface area contributed by atoms with Gasteiger partial charge in [-0.1, -0.05) is 23.7 Å². The number of aryl methyl sites for hydroxylation is 1. The van der Waals surface area contributed by atoms with Crippen LogP contribution in [0.1, 0.15) is 11.4 Å². The Hall–Kier alpha value is -4.15. The van der Waals surface area contributed by atoms with Gasteiger partial charge in [-0.3, -0.25) is 4.98 Å². The number of rotatable bonds is 7. The first-order valence-electron chi connectivity index (χ1n) is 12.0. The quantitative estimate of drug-likeness (QED) is 0.272. The van der Waals surface area contributed by atoms with Gasteiger partial charge in [-0.25, -0.2) is 9.37 Å². The minimum Gasteiger partial charge on any atom is -0.508 e. The molecule has 11 heteroatoms. The zero-order valence-corrected chi connectivity index (χ0v) is 21.4. The van der Waals surface area contributed by atoms with Crippen LogP contribution in [-0.2, 0) is 11.3 Å². The lowest BCUT2D eigenvalue weighted by molar-refractivity contribution is 0.122. The summed E-state index contributed by atoms with van der Waals surface area (Å²) in [7, 11) is 0. The minimum atomic E-state index is -0.500. The monoisotopic (exact) mass is 533 g/mol. The van der Waals surface area contributed by atoms with Crippen LogP contribution >= 0.6 is 11.6 Å². The molecule has 9 nitrogen and oxygen atoms in total. The van der Waals surface area contributed by atoms with Gasteiger partial charge in [0.15, 0.2) is 11.6 Å². The number of azo groups is 1. The van der Waals surface area contributed by atoms with Crippen molar-refractivity contribution in [3.8, 4) is 16.9 Å². The molecule has 5 rings (SSSR count). The average Bonchev–Trinajstić information content (AvgIpc) is 2.91. The summed E-state index contributed by atoms with van der Waals surface area (Å²) in [5.41, 5.74) is 4.80. The molecule has 0 bridgehead atoms. The zero-order chi connectivity index (χ0) is 26.5. The second kappa shape index (κ2) is 11.5. The maximum atomic E-state index is 14.2. The Bertz CT molecular complexity index is 1480. The molecule has 38 heavy (non-hydrogen) atoms. The van der Waals surface area contributed by atoms with Crippen molar-refractivity contribution in [2.24, 2.45) is 10.2 Å². The maximum absolute atomic E-state index is 14.2. The van der Waals surface area contributed by atoms with Crippen LogP contribution < -0.4 is 10.2 Å². The largest absolute Gasteiger partial charge is 0.508 e. The number of benzene rings is 2. The highest BCUT2D eigenvalue weighted by atomic mass is 35.5. The number of nitrogens with zero attached hydrogens (tertiary/aromatic N) is 6. The molecule has 0 atom stereocenters. The molecule has 0 unspecified atom stereocenters. The van der Waals surface area contributed by atoms with Crippen LogP contribution in [0.15, 0.2) is 71.0 Å². The Morgan fingerprint density at radius 1 is 1.08 bits per heavy atom. The van der Waals surface area contributed by atoms with E-state index in [1.807, 2.05) is 48.2 Å². The predicted octanol–water partition coefficient (Wildman–Crippen LogP) is 6.21. The summed E-state index contributed by atoms with van der Waals surface area (Å²) in [4.78, 5) is 14.6. The lowest BCUT2D eigenvalue weighted by Crippen LogP contribution is -2.37. The lowest BCUT2D eigenvalue weighted by atomic mass is 10.0. The van der Waals surface area contributed by atoms with Gasteiger partial charge in [-0.05, 0) is 60.5 Å². The summed E-state index contributed by atoms with van der Waals surface area (Å²) in [6, 6.07) is 16.4. The topological polar surface area (TPSA) is 108 Å². The third-order valence-electron chi connectivity index (χ3n) is 5.92. The molecule has 2 N–H and O–H groups in total. The second-order valence-corrected chi connectivity index (χ2v) is 9.12. The first-order valence-corrected chi connectivity index (χ1v) is 12.4. The van der Waals surface area contributed by atoms with Gasteiger partial charge in [0.05, 0.1) is 36.5 Å². The molecule has 0 saturated carbocycles. The molecule has 194 valence electrons. The number of hydrogen-bond donors (Lipinski definition) is 2. The second-order valence-electron chi connectivity index (χ2n) is 8.68. The summed E-state index contributed by atoms with van der Waals surface area (Å²) in [5.74, 6) is -0.0189. The van der Waals surface area contributed by atoms with E-state index in [2.05, 4.69) is 30.5 Å². The van der Waals surface area contributed by atoms with Crippen molar-refractivity contribution >= 4 is 34.7 Å². The molecule has 1 saturated heterocycles. The fourth-order valence-corrected chi connectivity index (χ4v) is 4.30. The molecular weight excluding hydrogens is 509 g/mol. The Morgan fingerprint density at radius 2 is 1.92 bits per heavy atom. The van der Waals surface area contributed by atoms with Crippen molar-refractivity contribution in [3.63, 3.8) is 0 Å². The van der Waals surface area contributed by atoms with Crippen LogP contribution in [0.4, 0.5) is 27.5 Å². The van der Waals surface area contributed by atoms with Gasteiger partial charge in [0.1, 0.15) is 12.3 Å². The van der Waals surface area contributed by atoms with E-state index in [1.165, 1.54) is 0 Å². The summed E-state index contributed by atoms with van der Waals surface area (Å²) in [6.45, 7) is 4.26. The number of ether oxygens (including phenoxy) is 1. The van der Waals surface area contributed by atoms with Gasteiger partial charge in [0.2, 0.25) is 0 Å². The molecule has 2 aromatic carbocycles. The summed E-state index contributed by atoms with van der Waals surface area (Å²) < 4.78 is 19.5. The fraction of sp³-hybridized carbons (Fsp3) is 0.222. The van der Waals surface area contributed by atoms with Crippen molar-refractivity contribution in [1.29, 1.82) is 0 Å². The van der Waals surface area contributed by atoms with E-state index in [-0.39, 0.29) is 24.1 Å². The van der Waals surface area contributed by atoms with E-state index in [0.717, 1.165) is 34.4 Å². The van der Waals surface area contributed by atoms with Crippen LogP contribution in [0.3, 0.4) is 0 Å². The van der Waals surface area contributed by atoms with E-state index in [1.54, 1.807) is 18.2 Å². The molecule has 0 radical (unpaired) electrons. The number of phenols is 1. The molecule has 0 aliphatic carbocycles. The van der Waals surface area contributed by atoms with Crippen LogP contribution in [0, 0.1) is 12.7 Å². The van der Waals surface area contributed by atoms with Gasteiger partial charge < -0.3 is 20.1 Å². The van der Waals surface area contributed by atoms with Crippen molar-refractivity contribution in [2.45, 2.75) is 13.5 Å². The zero-order valence-electron chi connectivity index (χ0n) is 20.6. The number of aromatic hydroxyl groups is 1. The lowest BCUT2D eigenvalue weighted by Gasteiger charge is -2.27. The van der Waals surface area contributed by atoms with Crippen molar-refractivity contribution < 1.29 is 14.2 Å². The van der Waals surface area contributed by atoms with Gasteiger partial charge in [-0.15, -0.1) is 5.11 Å². The van der Waals surface area contributed by atoms with E-state index in [0.29, 0.717) is 37.0 Å². The number of nitrogens with one attached hydrogen (secondary N) is 1. The van der Waals surface area contributed by atoms with E-state index in [4.69, 9.17) is 16.3 Å². The van der Waals surface area contributed by atoms with Crippen molar-refractivity contribution in [1.82, 2.24) is 15.0 Å². The van der Waals surface area contributed by atoms with Crippen molar-refractivity contribution in [2.75, 3.05) is 36.5 Å². The number of halogens is 2. The smallest absolute Gasteiger partial charge is 0.270 e. The predicted molar refractivity (Wildman–Crippen MR) is 144 cm³/mol. The SMILES string of the molecule is Cc1nc(CN=Nc2ncc(F)c(N3CCOCC3)n2)ccc1Nc1cc(Cl)cc(-c2cccc(O)c2)c1. The van der Waals surface area contributed by atoms with E-state index >= 15 is 0 Å². The minimum absolute atomic E-state index is 0.0893. The normalized spacial score (nSPS) is 13.7. The Kier molecular flexibility index (Phi) is 7.71. The number of phenolic OH excluding ortho intramolecular Hbond substituents is 1. The van der Waals surface area contributed by atoms with Crippen LogP contribution in [0.25, 0.3) is 11.1 Å². The summed E-state index contributed by atoms with van der Waals surface area (Å²) >= 11 is 6.36. The summed E-state index contributed by atoms with van der Waals surface area (Å²) in [5, 5.41) is 22.0. The van der Waals surface area contributed by atoms with E-state index in [9.17, 15) is 9.50 Å². The van der Waals surface area contributed by atoms with Gasteiger partial charge >= 0.3 is 0 Å². The Labute approximate surface area is 224 Å². The molecular formula is C27H25ClFN7O2. The van der Waals surface area contributed by atoms with Crippen molar-refractivity contribution in [3.05, 3.63) is 83.0 Å². The fourth-order valence-electron chi connectivity index (χ4n) is 4.07. The molecule has 1 aliphatic rings. The highest BCUT2D eigenvalue weighted by Crippen LogP contribution is 2.31. The van der Waals surface area contributed by atoms with Crippen LogP contribution in [-0.4, -0.2) is 46.4 Å². The third-order valence-corrected chi connectivity index (χ3v) is 6.13. The maximum Gasteiger partial charge on any atom is 0.270 e. The number of anilines is 3. The number of hydrogen-bond acceptors (Lipinski definition) is 9. The molecule has 4 aromatic rings. The van der Waals surface area contributed by atoms with Crippen LogP contribution in [0.2, 0.25) is 5.02 Å². The molecule has 1 fully saturated rings. The molecule has 3 heterocycles. The standard InChI is InChI=1S/C27H25ClFN7O2/c1-17-25(33-22-12-19(11-20(28)14-22)18-3-2-4-23(37)13-18)6-5-21(32-17)15-31-35-27-30-16-24(29)26(34-27)36-7-9-38-10-8-36/h2-6,11-14,16,33,37H,7-10,15H2,1H3. The molecule has 2 aromatic heterocycles. The number of pyridine rings is 1. The first-order chi connectivity index (χ1) is 18.4. The Morgan fingerprint density at radius 3 is 2.71 bits per heavy atom. The Balaban J connectivity index is 1.26. The number of aromatic nitrogens is 3. The van der Waals surface area contributed by atoms with E-state index < -0.39 is 5.82 Å². The molecule has 0 amide bonds. The highest BCUT2D eigenvalue weighted by Gasteiger charge is 2.17. The third kappa shape index (κ3) is 6.21.